The molecule has 2 aromatic rings. The number of hydrogen-bond acceptors (Lipinski definition) is 4. The molecule has 19 heavy (non-hydrogen) atoms. The molecule has 0 spiro atoms. The second-order valence-electron chi connectivity index (χ2n) is 4.32. The fourth-order valence-electron chi connectivity index (χ4n) is 1.95. The van der Waals surface area contributed by atoms with Gasteiger partial charge in [-0.2, -0.15) is 0 Å². The van der Waals surface area contributed by atoms with Gasteiger partial charge in [0, 0.05) is 31.1 Å². The number of nitro groups is 1. The normalized spacial score (nSPS) is 10.6. The smallest absolute Gasteiger partial charge is 0.272 e. The van der Waals surface area contributed by atoms with Gasteiger partial charge in [0.1, 0.15) is 5.76 Å². The molecule has 1 heterocycles. The fraction of sp³-hybridized carbons (Fsp3) is 0.286. The Morgan fingerprint density at radius 1 is 1.32 bits per heavy atom. The summed E-state index contributed by atoms with van der Waals surface area (Å²) < 4.78 is 5.23. The first-order valence-corrected chi connectivity index (χ1v) is 6.14. The van der Waals surface area contributed by atoms with Crippen molar-refractivity contribution < 1.29 is 9.34 Å². The molecule has 1 aromatic heterocycles. The van der Waals surface area contributed by atoms with Crippen LogP contribution in [0.15, 0.2) is 41.0 Å². The summed E-state index contributed by atoms with van der Waals surface area (Å²) in [5.74, 6) is 0.934. The van der Waals surface area contributed by atoms with Crippen LogP contribution in [-0.2, 0) is 13.0 Å². The highest BCUT2D eigenvalue weighted by Crippen LogP contribution is 2.20. The zero-order valence-corrected chi connectivity index (χ0v) is 10.8. The molecule has 1 aromatic carbocycles. The highest BCUT2D eigenvalue weighted by atomic mass is 16.6. The largest absolute Gasteiger partial charge is 0.469 e. The molecular formula is C14H16N2O3. The van der Waals surface area contributed by atoms with Crippen LogP contribution < -0.4 is 5.32 Å². The van der Waals surface area contributed by atoms with Gasteiger partial charge in [0.15, 0.2) is 0 Å². The van der Waals surface area contributed by atoms with Gasteiger partial charge in [-0.05, 0) is 24.6 Å². The van der Waals surface area contributed by atoms with E-state index in [-0.39, 0.29) is 10.6 Å². The van der Waals surface area contributed by atoms with Crippen LogP contribution in [0.5, 0.6) is 0 Å². The average Bonchev–Trinajstić information content (AvgIpc) is 2.89. The zero-order chi connectivity index (χ0) is 13.7. The molecule has 0 radical (unpaired) electrons. The van der Waals surface area contributed by atoms with Crippen LogP contribution in [0, 0.1) is 17.0 Å². The summed E-state index contributed by atoms with van der Waals surface area (Å²) >= 11 is 0. The zero-order valence-electron chi connectivity index (χ0n) is 10.8. The Balaban J connectivity index is 1.89. The van der Waals surface area contributed by atoms with Crippen LogP contribution in [0.4, 0.5) is 5.69 Å². The van der Waals surface area contributed by atoms with Gasteiger partial charge in [0.05, 0.1) is 11.2 Å². The standard InChI is InChI=1S/C14H16N2O3/c1-11-12(4-2-6-14(11)16(17)18)10-15-8-7-13-5-3-9-19-13/h2-6,9,15H,7-8,10H2,1H3. The summed E-state index contributed by atoms with van der Waals surface area (Å²) in [6, 6.07) is 8.94. The monoisotopic (exact) mass is 260 g/mol. The summed E-state index contributed by atoms with van der Waals surface area (Å²) in [6.07, 6.45) is 2.46. The first-order chi connectivity index (χ1) is 9.18. The second kappa shape index (κ2) is 6.15. The third kappa shape index (κ3) is 3.42. The molecule has 0 saturated heterocycles. The summed E-state index contributed by atoms with van der Waals surface area (Å²) in [5.41, 5.74) is 1.84. The van der Waals surface area contributed by atoms with Crippen LogP contribution >= 0.6 is 0 Å². The quantitative estimate of drug-likeness (QED) is 0.492. The molecule has 2 rings (SSSR count). The van der Waals surface area contributed by atoms with E-state index in [1.54, 1.807) is 19.3 Å². The van der Waals surface area contributed by atoms with E-state index in [1.165, 1.54) is 6.07 Å². The van der Waals surface area contributed by atoms with E-state index in [9.17, 15) is 10.1 Å². The maximum atomic E-state index is 10.8. The van der Waals surface area contributed by atoms with Crippen molar-refractivity contribution in [3.05, 3.63) is 63.6 Å². The number of nitro benzene ring substituents is 1. The molecule has 0 fully saturated rings. The third-order valence-corrected chi connectivity index (χ3v) is 3.06. The van der Waals surface area contributed by atoms with Crippen LogP contribution in [0.3, 0.4) is 0 Å². The molecule has 0 aliphatic rings. The van der Waals surface area contributed by atoms with Gasteiger partial charge in [0.25, 0.3) is 5.69 Å². The van der Waals surface area contributed by atoms with Crippen molar-refractivity contribution in [3.8, 4) is 0 Å². The van der Waals surface area contributed by atoms with E-state index in [4.69, 9.17) is 4.42 Å². The SMILES string of the molecule is Cc1c(CNCCc2ccco2)cccc1[N+](=O)[O-]. The lowest BCUT2D eigenvalue weighted by Gasteiger charge is -2.07. The molecule has 1 N–H and O–H groups in total. The molecule has 0 aliphatic heterocycles. The molecule has 100 valence electrons. The van der Waals surface area contributed by atoms with Crippen molar-refractivity contribution >= 4 is 5.69 Å². The molecule has 0 bridgehead atoms. The number of nitrogens with one attached hydrogen (secondary N) is 1. The molecular weight excluding hydrogens is 244 g/mol. The van der Waals surface area contributed by atoms with Crippen LogP contribution in [-0.4, -0.2) is 11.5 Å². The van der Waals surface area contributed by atoms with Gasteiger partial charge in [-0.25, -0.2) is 0 Å². The molecule has 5 nitrogen and oxygen atoms in total. The highest BCUT2D eigenvalue weighted by Gasteiger charge is 2.12. The predicted molar refractivity (Wildman–Crippen MR) is 72.0 cm³/mol. The van der Waals surface area contributed by atoms with Crippen molar-refractivity contribution in [2.45, 2.75) is 19.9 Å². The van der Waals surface area contributed by atoms with Crippen molar-refractivity contribution in [1.82, 2.24) is 5.32 Å². The minimum absolute atomic E-state index is 0.172. The van der Waals surface area contributed by atoms with Crippen molar-refractivity contribution in [1.29, 1.82) is 0 Å². The second-order valence-corrected chi connectivity index (χ2v) is 4.32. The molecule has 0 atom stereocenters. The van der Waals surface area contributed by atoms with Crippen molar-refractivity contribution in [3.63, 3.8) is 0 Å². The van der Waals surface area contributed by atoms with E-state index in [2.05, 4.69) is 5.32 Å². The lowest BCUT2D eigenvalue weighted by molar-refractivity contribution is -0.385. The number of nitrogens with zero attached hydrogens (tertiary/aromatic N) is 1. The van der Waals surface area contributed by atoms with E-state index >= 15 is 0 Å². The Hall–Kier alpha value is -2.14. The minimum Gasteiger partial charge on any atom is -0.469 e. The lowest BCUT2D eigenvalue weighted by Crippen LogP contribution is -2.17. The fourth-order valence-corrected chi connectivity index (χ4v) is 1.95. The van der Waals surface area contributed by atoms with Crippen LogP contribution in [0.2, 0.25) is 0 Å². The Bertz CT molecular complexity index is 550. The van der Waals surface area contributed by atoms with Crippen molar-refractivity contribution in [2.24, 2.45) is 0 Å². The number of rotatable bonds is 6. The Labute approximate surface area is 111 Å². The first-order valence-electron chi connectivity index (χ1n) is 6.14. The summed E-state index contributed by atoms with van der Waals surface area (Å²) in [4.78, 5) is 10.5. The molecule has 5 heteroatoms. The third-order valence-electron chi connectivity index (χ3n) is 3.06. The average molecular weight is 260 g/mol. The Morgan fingerprint density at radius 3 is 2.84 bits per heavy atom. The van der Waals surface area contributed by atoms with E-state index in [1.807, 2.05) is 18.2 Å². The number of benzene rings is 1. The topological polar surface area (TPSA) is 68.3 Å². The molecule has 0 saturated carbocycles. The van der Waals surface area contributed by atoms with E-state index in [0.717, 1.165) is 29.9 Å². The van der Waals surface area contributed by atoms with Gasteiger partial charge < -0.3 is 9.73 Å². The highest BCUT2D eigenvalue weighted by molar-refractivity contribution is 5.44. The molecule has 0 amide bonds. The molecule has 0 aliphatic carbocycles. The number of hydrogen-bond donors (Lipinski definition) is 1. The van der Waals surface area contributed by atoms with Crippen LogP contribution in [0.25, 0.3) is 0 Å². The summed E-state index contributed by atoms with van der Waals surface area (Å²) in [5, 5.41) is 14.1. The summed E-state index contributed by atoms with van der Waals surface area (Å²) in [6.45, 7) is 3.17. The van der Waals surface area contributed by atoms with Gasteiger partial charge in [-0.15, -0.1) is 0 Å². The Morgan fingerprint density at radius 2 is 2.16 bits per heavy atom. The maximum Gasteiger partial charge on any atom is 0.272 e. The van der Waals surface area contributed by atoms with Gasteiger partial charge in [0.2, 0.25) is 0 Å². The van der Waals surface area contributed by atoms with E-state index < -0.39 is 0 Å². The predicted octanol–water partition coefficient (Wildman–Crippen LogP) is 2.83. The minimum atomic E-state index is -0.346. The summed E-state index contributed by atoms with van der Waals surface area (Å²) in [7, 11) is 0. The lowest BCUT2D eigenvalue weighted by atomic mass is 10.1. The van der Waals surface area contributed by atoms with E-state index in [0.29, 0.717) is 6.54 Å². The number of furan rings is 1. The van der Waals surface area contributed by atoms with Gasteiger partial charge >= 0.3 is 0 Å². The Kier molecular flexibility index (Phi) is 4.30. The molecule has 0 unspecified atom stereocenters. The van der Waals surface area contributed by atoms with Crippen molar-refractivity contribution in [2.75, 3.05) is 6.54 Å². The first kappa shape index (κ1) is 13.3. The maximum absolute atomic E-state index is 10.8. The van der Waals surface area contributed by atoms with Crippen LogP contribution in [0.1, 0.15) is 16.9 Å². The van der Waals surface area contributed by atoms with Gasteiger partial charge in [-0.1, -0.05) is 12.1 Å². The van der Waals surface area contributed by atoms with Gasteiger partial charge in [-0.3, -0.25) is 10.1 Å².